The van der Waals surface area contributed by atoms with Crippen LogP contribution in [0.4, 0.5) is 0 Å². The second kappa shape index (κ2) is 10.6. The zero-order valence-electron chi connectivity index (χ0n) is 14.2. The fourth-order valence-corrected chi connectivity index (χ4v) is 2.45. The fourth-order valence-electron chi connectivity index (χ4n) is 2.45. The molecule has 120 valence electrons. The first-order valence-corrected chi connectivity index (χ1v) is 8.28. The molecule has 0 atom stereocenters. The topological polar surface area (TPSA) is 24.5 Å². The Kier molecular flexibility index (Phi) is 9.11. The van der Waals surface area contributed by atoms with Gasteiger partial charge < -0.3 is 10.1 Å². The van der Waals surface area contributed by atoms with Gasteiger partial charge in [0.1, 0.15) is 12.4 Å². The van der Waals surface area contributed by atoms with Crippen molar-refractivity contribution >= 4 is 0 Å². The summed E-state index contributed by atoms with van der Waals surface area (Å²) in [5.74, 6) is 1.00. The molecular formula is C18H32N2O. The number of nitrogens with zero attached hydrogens (tertiary/aromatic N) is 1. The van der Waals surface area contributed by atoms with Crippen molar-refractivity contribution in [3.63, 3.8) is 0 Å². The summed E-state index contributed by atoms with van der Waals surface area (Å²) in [5.41, 5.74) is 1.22. The summed E-state index contributed by atoms with van der Waals surface area (Å²) in [6.45, 7) is 10.6. The van der Waals surface area contributed by atoms with Crippen LogP contribution >= 0.6 is 0 Å². The second-order valence-corrected chi connectivity index (χ2v) is 5.82. The number of para-hydroxylation sites is 1. The highest BCUT2D eigenvalue weighted by Crippen LogP contribution is 2.17. The van der Waals surface area contributed by atoms with Crippen LogP contribution < -0.4 is 10.1 Å². The van der Waals surface area contributed by atoms with Gasteiger partial charge in [0, 0.05) is 24.7 Å². The van der Waals surface area contributed by atoms with Gasteiger partial charge in [-0.2, -0.15) is 0 Å². The fraction of sp³-hybridized carbons (Fsp3) is 0.667. The first-order valence-electron chi connectivity index (χ1n) is 8.28. The zero-order chi connectivity index (χ0) is 15.5. The van der Waals surface area contributed by atoms with Gasteiger partial charge in [0.15, 0.2) is 0 Å². The van der Waals surface area contributed by atoms with Gasteiger partial charge in [-0.3, -0.25) is 4.90 Å². The normalized spacial score (nSPS) is 11.3. The maximum absolute atomic E-state index is 5.99. The van der Waals surface area contributed by atoms with E-state index in [-0.39, 0.29) is 0 Å². The minimum atomic E-state index is 0.581. The van der Waals surface area contributed by atoms with Crippen LogP contribution in [0.3, 0.4) is 0 Å². The summed E-state index contributed by atoms with van der Waals surface area (Å²) in [5, 5.41) is 3.19. The molecule has 1 N–H and O–H groups in total. The van der Waals surface area contributed by atoms with Crippen LogP contribution in [-0.4, -0.2) is 37.7 Å². The SMILES string of the molecule is CCCCCN(CCOc1ccccc1CNC)C(C)C. The van der Waals surface area contributed by atoms with Gasteiger partial charge in [-0.15, -0.1) is 0 Å². The molecule has 0 unspecified atom stereocenters. The summed E-state index contributed by atoms with van der Waals surface area (Å²) in [4.78, 5) is 2.51. The van der Waals surface area contributed by atoms with Crippen molar-refractivity contribution in [3.8, 4) is 5.75 Å². The summed E-state index contributed by atoms with van der Waals surface area (Å²) in [6.07, 6.45) is 3.87. The molecule has 1 aromatic rings. The molecule has 0 aromatic heterocycles. The molecule has 1 aromatic carbocycles. The lowest BCUT2D eigenvalue weighted by atomic mass is 10.2. The van der Waals surface area contributed by atoms with Crippen LogP contribution in [0.5, 0.6) is 5.75 Å². The molecule has 1 rings (SSSR count). The number of rotatable bonds is 11. The lowest BCUT2D eigenvalue weighted by Gasteiger charge is -2.26. The third-order valence-electron chi connectivity index (χ3n) is 3.76. The second-order valence-electron chi connectivity index (χ2n) is 5.82. The van der Waals surface area contributed by atoms with Crippen LogP contribution in [0.2, 0.25) is 0 Å². The molecule has 3 nitrogen and oxygen atoms in total. The van der Waals surface area contributed by atoms with Crippen molar-refractivity contribution < 1.29 is 4.74 Å². The molecule has 0 bridgehead atoms. The number of unbranched alkanes of at least 4 members (excludes halogenated alkanes) is 2. The Balaban J connectivity index is 2.42. The summed E-state index contributed by atoms with van der Waals surface area (Å²) < 4.78 is 5.99. The van der Waals surface area contributed by atoms with Crippen molar-refractivity contribution in [2.45, 2.75) is 52.6 Å². The average molecular weight is 292 g/mol. The number of benzene rings is 1. The highest BCUT2D eigenvalue weighted by atomic mass is 16.5. The van der Waals surface area contributed by atoms with Gasteiger partial charge in [0.25, 0.3) is 0 Å². The Labute approximate surface area is 130 Å². The van der Waals surface area contributed by atoms with E-state index in [4.69, 9.17) is 4.74 Å². The smallest absolute Gasteiger partial charge is 0.123 e. The molecule has 0 aliphatic rings. The largest absolute Gasteiger partial charge is 0.492 e. The van der Waals surface area contributed by atoms with Gasteiger partial charge in [-0.1, -0.05) is 38.0 Å². The Hall–Kier alpha value is -1.06. The minimum Gasteiger partial charge on any atom is -0.492 e. The average Bonchev–Trinajstić information content (AvgIpc) is 2.47. The third kappa shape index (κ3) is 6.96. The van der Waals surface area contributed by atoms with Gasteiger partial charge in [-0.25, -0.2) is 0 Å². The van der Waals surface area contributed by atoms with Crippen LogP contribution in [0.25, 0.3) is 0 Å². The number of ether oxygens (including phenoxy) is 1. The molecule has 0 saturated carbocycles. The highest BCUT2D eigenvalue weighted by molar-refractivity contribution is 5.33. The molecule has 0 heterocycles. The third-order valence-corrected chi connectivity index (χ3v) is 3.76. The first-order chi connectivity index (χ1) is 10.2. The van der Waals surface area contributed by atoms with Crippen molar-refractivity contribution in [1.29, 1.82) is 0 Å². The van der Waals surface area contributed by atoms with E-state index in [9.17, 15) is 0 Å². The predicted molar refractivity (Wildman–Crippen MR) is 90.9 cm³/mol. The molecule has 21 heavy (non-hydrogen) atoms. The monoisotopic (exact) mass is 292 g/mol. The predicted octanol–water partition coefficient (Wildman–Crippen LogP) is 3.69. The maximum Gasteiger partial charge on any atom is 0.123 e. The van der Waals surface area contributed by atoms with E-state index in [2.05, 4.69) is 49.2 Å². The van der Waals surface area contributed by atoms with Gasteiger partial charge >= 0.3 is 0 Å². The lowest BCUT2D eigenvalue weighted by molar-refractivity contribution is 0.172. The molecule has 0 radical (unpaired) electrons. The first kappa shape index (κ1) is 18.0. The molecule has 0 amide bonds. The Bertz CT molecular complexity index is 379. The molecule has 0 spiro atoms. The zero-order valence-corrected chi connectivity index (χ0v) is 14.2. The van der Waals surface area contributed by atoms with Gasteiger partial charge in [0.05, 0.1) is 0 Å². The molecule has 0 aliphatic carbocycles. The summed E-state index contributed by atoms with van der Waals surface area (Å²) in [7, 11) is 1.96. The lowest BCUT2D eigenvalue weighted by Crippen LogP contribution is -2.35. The van der Waals surface area contributed by atoms with Crippen LogP contribution in [0, 0.1) is 0 Å². The molecule has 0 aliphatic heterocycles. The van der Waals surface area contributed by atoms with Crippen LogP contribution in [0.1, 0.15) is 45.6 Å². The minimum absolute atomic E-state index is 0.581. The van der Waals surface area contributed by atoms with E-state index in [0.29, 0.717) is 6.04 Å². The van der Waals surface area contributed by atoms with Gasteiger partial charge in [-0.05, 0) is 39.9 Å². The Morgan fingerprint density at radius 1 is 1.14 bits per heavy atom. The van der Waals surface area contributed by atoms with Crippen molar-refractivity contribution in [2.75, 3.05) is 26.7 Å². The molecular weight excluding hydrogens is 260 g/mol. The quantitative estimate of drug-likeness (QED) is 0.630. The van der Waals surface area contributed by atoms with E-state index < -0.39 is 0 Å². The van der Waals surface area contributed by atoms with E-state index in [1.165, 1.54) is 31.4 Å². The Morgan fingerprint density at radius 2 is 1.90 bits per heavy atom. The van der Waals surface area contributed by atoms with Crippen molar-refractivity contribution in [2.24, 2.45) is 0 Å². The van der Waals surface area contributed by atoms with Crippen molar-refractivity contribution in [1.82, 2.24) is 10.2 Å². The number of hydrogen-bond donors (Lipinski definition) is 1. The van der Waals surface area contributed by atoms with E-state index in [1.807, 2.05) is 13.1 Å². The van der Waals surface area contributed by atoms with E-state index in [1.54, 1.807) is 0 Å². The molecule has 0 fully saturated rings. The number of hydrogen-bond acceptors (Lipinski definition) is 3. The standard InChI is InChI=1S/C18H32N2O/c1-5-6-9-12-20(16(2)3)13-14-21-18-11-8-7-10-17(18)15-19-4/h7-8,10-11,16,19H,5-6,9,12-15H2,1-4H3. The van der Waals surface area contributed by atoms with Crippen LogP contribution in [0.15, 0.2) is 24.3 Å². The van der Waals surface area contributed by atoms with Crippen LogP contribution in [-0.2, 0) is 6.54 Å². The number of nitrogens with one attached hydrogen (secondary N) is 1. The van der Waals surface area contributed by atoms with Crippen molar-refractivity contribution in [3.05, 3.63) is 29.8 Å². The maximum atomic E-state index is 5.99. The van der Waals surface area contributed by atoms with E-state index in [0.717, 1.165) is 25.4 Å². The molecule has 3 heteroatoms. The molecule has 0 saturated heterocycles. The summed E-state index contributed by atoms with van der Waals surface area (Å²) >= 11 is 0. The highest BCUT2D eigenvalue weighted by Gasteiger charge is 2.09. The van der Waals surface area contributed by atoms with E-state index >= 15 is 0 Å². The Morgan fingerprint density at radius 3 is 2.57 bits per heavy atom. The van der Waals surface area contributed by atoms with Gasteiger partial charge in [0.2, 0.25) is 0 Å². The summed E-state index contributed by atoms with van der Waals surface area (Å²) in [6, 6.07) is 8.86.